The van der Waals surface area contributed by atoms with Crippen molar-refractivity contribution in [2.24, 2.45) is 0 Å². The van der Waals surface area contributed by atoms with Crippen LogP contribution in [-0.4, -0.2) is 26.8 Å². The fraction of sp³-hybridized carbons (Fsp3) is 0.500. The molecule has 1 aromatic carbocycles. The lowest BCUT2D eigenvalue weighted by molar-refractivity contribution is 0.397. The Morgan fingerprint density at radius 1 is 1.47 bits per heavy atom. The molecule has 1 aliphatic heterocycles. The zero-order chi connectivity index (χ0) is 12.3. The number of rotatable bonds is 5. The average Bonchev–Trinajstić information content (AvgIpc) is 2.22. The molecule has 0 saturated carbocycles. The Balaban J connectivity index is 1.88. The average molecular weight is 254 g/mol. The van der Waals surface area contributed by atoms with Gasteiger partial charge in [-0.05, 0) is 25.5 Å². The van der Waals surface area contributed by atoms with Crippen LogP contribution in [0.2, 0.25) is 0 Å². The topological polar surface area (TPSA) is 58.2 Å². The Kier molecular flexibility index (Phi) is 3.81. The van der Waals surface area contributed by atoms with Crippen molar-refractivity contribution in [1.29, 1.82) is 0 Å². The van der Waals surface area contributed by atoms with Gasteiger partial charge in [0.15, 0.2) is 0 Å². The Labute approximate surface area is 102 Å². The Hall–Kier alpha value is -0.910. The van der Waals surface area contributed by atoms with Gasteiger partial charge in [-0.3, -0.25) is 0 Å². The molecular formula is C12H18N2O2S. The fourth-order valence-electron chi connectivity index (χ4n) is 1.83. The predicted molar refractivity (Wildman–Crippen MR) is 68.2 cm³/mol. The smallest absolute Gasteiger partial charge is 0.213 e. The molecule has 1 aromatic rings. The van der Waals surface area contributed by atoms with Gasteiger partial charge in [-0.25, -0.2) is 13.1 Å². The first kappa shape index (κ1) is 12.5. The summed E-state index contributed by atoms with van der Waals surface area (Å²) < 4.78 is 26.1. The van der Waals surface area contributed by atoms with Gasteiger partial charge < -0.3 is 5.32 Å². The van der Waals surface area contributed by atoms with Crippen molar-refractivity contribution in [3.63, 3.8) is 0 Å². The van der Waals surface area contributed by atoms with E-state index in [-0.39, 0.29) is 11.8 Å². The van der Waals surface area contributed by atoms with Crippen LogP contribution in [0.1, 0.15) is 17.5 Å². The van der Waals surface area contributed by atoms with Gasteiger partial charge in [0.05, 0.1) is 5.75 Å². The third-order valence-corrected chi connectivity index (χ3v) is 4.35. The summed E-state index contributed by atoms with van der Waals surface area (Å²) in [6, 6.07) is 7.98. The number of hydrogen-bond donors (Lipinski definition) is 2. The van der Waals surface area contributed by atoms with Crippen LogP contribution in [0.15, 0.2) is 24.3 Å². The van der Waals surface area contributed by atoms with Gasteiger partial charge in [0, 0.05) is 12.6 Å². The van der Waals surface area contributed by atoms with E-state index in [1.807, 2.05) is 31.2 Å². The number of aryl methyl sites for hydroxylation is 1. The minimum Gasteiger partial charge on any atom is -0.313 e. The molecule has 1 saturated heterocycles. The van der Waals surface area contributed by atoms with E-state index in [1.54, 1.807) is 0 Å². The van der Waals surface area contributed by atoms with Crippen molar-refractivity contribution in [1.82, 2.24) is 10.0 Å². The third kappa shape index (κ3) is 3.80. The molecule has 2 N–H and O–H groups in total. The summed E-state index contributed by atoms with van der Waals surface area (Å²) in [5.74, 6) is 0.179. The number of benzene rings is 1. The van der Waals surface area contributed by atoms with Gasteiger partial charge in [-0.15, -0.1) is 0 Å². The summed E-state index contributed by atoms with van der Waals surface area (Å²) >= 11 is 0. The maximum Gasteiger partial charge on any atom is 0.213 e. The van der Waals surface area contributed by atoms with E-state index in [0.29, 0.717) is 6.54 Å². The lowest BCUT2D eigenvalue weighted by Crippen LogP contribution is -2.49. The maximum absolute atomic E-state index is 11.7. The van der Waals surface area contributed by atoms with Crippen LogP contribution < -0.4 is 10.0 Å². The van der Waals surface area contributed by atoms with Crippen LogP contribution in [-0.2, 0) is 16.6 Å². The largest absolute Gasteiger partial charge is 0.313 e. The Morgan fingerprint density at radius 3 is 2.82 bits per heavy atom. The van der Waals surface area contributed by atoms with E-state index >= 15 is 0 Å². The van der Waals surface area contributed by atoms with Crippen LogP contribution in [0.3, 0.4) is 0 Å². The lowest BCUT2D eigenvalue weighted by Gasteiger charge is -2.27. The second-order valence-electron chi connectivity index (χ2n) is 4.53. The second kappa shape index (κ2) is 5.16. The highest BCUT2D eigenvalue weighted by Gasteiger charge is 2.23. The van der Waals surface area contributed by atoms with E-state index in [0.717, 1.165) is 24.1 Å². The first-order valence-electron chi connectivity index (χ1n) is 5.81. The highest BCUT2D eigenvalue weighted by Crippen LogP contribution is 2.07. The van der Waals surface area contributed by atoms with Crippen molar-refractivity contribution < 1.29 is 8.42 Å². The van der Waals surface area contributed by atoms with E-state index < -0.39 is 10.0 Å². The molecule has 1 atom stereocenters. The molecule has 0 bridgehead atoms. The van der Waals surface area contributed by atoms with Crippen molar-refractivity contribution in [3.8, 4) is 0 Å². The summed E-state index contributed by atoms with van der Waals surface area (Å²) in [5.41, 5.74) is 2.14. The van der Waals surface area contributed by atoms with Crippen molar-refractivity contribution in [2.75, 3.05) is 12.3 Å². The van der Waals surface area contributed by atoms with Crippen LogP contribution in [0.25, 0.3) is 0 Å². The standard InChI is InChI=1S/C12H18N2O2S/c1-10-3-2-4-11(7-10)8-14-17(15,16)9-12-5-6-13-12/h2-4,7,12-14H,5-6,8-9H2,1H3. The summed E-state index contributed by atoms with van der Waals surface area (Å²) in [4.78, 5) is 0. The van der Waals surface area contributed by atoms with E-state index in [9.17, 15) is 8.42 Å². The molecule has 0 radical (unpaired) electrons. The van der Waals surface area contributed by atoms with Gasteiger partial charge in [-0.1, -0.05) is 29.8 Å². The predicted octanol–water partition coefficient (Wildman–Crippen LogP) is 0.776. The summed E-state index contributed by atoms with van der Waals surface area (Å²) in [6.45, 7) is 3.30. The highest BCUT2D eigenvalue weighted by atomic mass is 32.2. The van der Waals surface area contributed by atoms with E-state index in [4.69, 9.17) is 0 Å². The Morgan fingerprint density at radius 2 is 2.24 bits per heavy atom. The highest BCUT2D eigenvalue weighted by molar-refractivity contribution is 7.89. The fourth-order valence-corrected chi connectivity index (χ4v) is 3.15. The zero-order valence-electron chi connectivity index (χ0n) is 9.94. The molecule has 0 aromatic heterocycles. The molecule has 1 heterocycles. The normalized spacial score (nSPS) is 19.9. The van der Waals surface area contributed by atoms with Crippen LogP contribution in [0, 0.1) is 6.92 Å². The Bertz CT molecular complexity index is 481. The molecule has 94 valence electrons. The number of hydrogen-bond acceptors (Lipinski definition) is 3. The summed E-state index contributed by atoms with van der Waals surface area (Å²) in [5, 5.41) is 3.09. The number of nitrogens with one attached hydrogen (secondary N) is 2. The zero-order valence-corrected chi connectivity index (χ0v) is 10.8. The minimum absolute atomic E-state index is 0.130. The summed E-state index contributed by atoms with van der Waals surface area (Å²) in [6.07, 6.45) is 0.950. The molecule has 1 fully saturated rings. The van der Waals surface area contributed by atoms with Crippen molar-refractivity contribution in [3.05, 3.63) is 35.4 Å². The second-order valence-corrected chi connectivity index (χ2v) is 6.38. The quantitative estimate of drug-likeness (QED) is 0.816. The van der Waals surface area contributed by atoms with Gasteiger partial charge in [0.25, 0.3) is 0 Å². The first-order chi connectivity index (χ1) is 8.05. The van der Waals surface area contributed by atoms with Gasteiger partial charge in [0.1, 0.15) is 0 Å². The van der Waals surface area contributed by atoms with E-state index in [1.165, 1.54) is 0 Å². The maximum atomic E-state index is 11.7. The van der Waals surface area contributed by atoms with Crippen molar-refractivity contribution >= 4 is 10.0 Å². The van der Waals surface area contributed by atoms with Gasteiger partial charge >= 0.3 is 0 Å². The molecule has 5 heteroatoms. The molecule has 4 nitrogen and oxygen atoms in total. The SMILES string of the molecule is Cc1cccc(CNS(=O)(=O)CC2CCN2)c1. The van der Waals surface area contributed by atoms with Crippen LogP contribution in [0.5, 0.6) is 0 Å². The molecule has 0 aliphatic carbocycles. The molecule has 1 aliphatic rings. The van der Waals surface area contributed by atoms with Gasteiger partial charge in [-0.2, -0.15) is 0 Å². The van der Waals surface area contributed by atoms with Crippen LogP contribution in [0.4, 0.5) is 0 Å². The molecule has 1 unspecified atom stereocenters. The number of sulfonamides is 1. The van der Waals surface area contributed by atoms with Crippen molar-refractivity contribution in [2.45, 2.75) is 25.9 Å². The molecule has 0 spiro atoms. The lowest BCUT2D eigenvalue weighted by atomic mass is 10.1. The van der Waals surface area contributed by atoms with Crippen LogP contribution >= 0.6 is 0 Å². The van der Waals surface area contributed by atoms with E-state index in [2.05, 4.69) is 10.0 Å². The molecular weight excluding hydrogens is 236 g/mol. The minimum atomic E-state index is -3.17. The summed E-state index contributed by atoms with van der Waals surface area (Å²) in [7, 11) is -3.17. The first-order valence-corrected chi connectivity index (χ1v) is 7.47. The molecule has 0 amide bonds. The monoisotopic (exact) mass is 254 g/mol. The third-order valence-electron chi connectivity index (χ3n) is 2.93. The molecule has 2 rings (SSSR count). The molecule has 17 heavy (non-hydrogen) atoms. The van der Waals surface area contributed by atoms with Gasteiger partial charge in [0.2, 0.25) is 10.0 Å².